The van der Waals surface area contributed by atoms with Crippen molar-refractivity contribution in [2.24, 2.45) is 5.92 Å². The zero-order valence-corrected chi connectivity index (χ0v) is 9.11. The highest BCUT2D eigenvalue weighted by Gasteiger charge is 2.19. The van der Waals surface area contributed by atoms with E-state index in [1.165, 1.54) is 0 Å². The standard InChI is InChI=1S/C14H14O2/c15-14(13-8-10-16-11-9-13)7-6-12-4-2-1-3-5-12/h1-5,13H,8-11H2. The van der Waals surface area contributed by atoms with Crippen molar-refractivity contribution in [2.45, 2.75) is 12.8 Å². The molecule has 2 heteroatoms. The summed E-state index contributed by atoms with van der Waals surface area (Å²) in [7, 11) is 0. The SMILES string of the molecule is O=C(C#Cc1ccccc1)C1CCOCC1. The molecule has 0 amide bonds. The molecule has 0 aromatic heterocycles. The Morgan fingerprint density at radius 1 is 1.19 bits per heavy atom. The summed E-state index contributed by atoms with van der Waals surface area (Å²) >= 11 is 0. The largest absolute Gasteiger partial charge is 0.381 e. The van der Waals surface area contributed by atoms with Crippen molar-refractivity contribution in [1.29, 1.82) is 0 Å². The van der Waals surface area contributed by atoms with E-state index in [1.807, 2.05) is 30.3 Å². The van der Waals surface area contributed by atoms with Crippen LogP contribution < -0.4 is 0 Å². The molecule has 2 nitrogen and oxygen atoms in total. The predicted octanol–water partition coefficient (Wildman–Crippen LogP) is 2.03. The van der Waals surface area contributed by atoms with Crippen LogP contribution in [0.4, 0.5) is 0 Å². The Hall–Kier alpha value is -1.59. The Labute approximate surface area is 95.6 Å². The number of benzene rings is 1. The first-order valence-corrected chi connectivity index (χ1v) is 5.55. The summed E-state index contributed by atoms with van der Waals surface area (Å²) in [5.41, 5.74) is 0.892. The highest BCUT2D eigenvalue weighted by molar-refractivity contribution is 5.97. The summed E-state index contributed by atoms with van der Waals surface area (Å²) in [5, 5.41) is 0. The summed E-state index contributed by atoms with van der Waals surface area (Å²) in [5.74, 6) is 5.75. The highest BCUT2D eigenvalue weighted by Crippen LogP contribution is 2.15. The third-order valence-corrected chi connectivity index (χ3v) is 2.70. The molecule has 0 spiro atoms. The van der Waals surface area contributed by atoms with Gasteiger partial charge in [0.1, 0.15) is 0 Å². The van der Waals surface area contributed by atoms with Gasteiger partial charge in [0.25, 0.3) is 0 Å². The summed E-state index contributed by atoms with van der Waals surface area (Å²) in [6.07, 6.45) is 1.62. The van der Waals surface area contributed by atoms with Gasteiger partial charge in [0.15, 0.2) is 0 Å². The lowest BCUT2D eigenvalue weighted by Crippen LogP contribution is -2.22. The lowest BCUT2D eigenvalue weighted by Gasteiger charge is -2.18. The molecule has 1 aromatic carbocycles. The van der Waals surface area contributed by atoms with Gasteiger partial charge in [-0.25, -0.2) is 0 Å². The first-order chi connectivity index (χ1) is 7.86. The van der Waals surface area contributed by atoms with E-state index in [0.717, 1.165) is 18.4 Å². The topological polar surface area (TPSA) is 26.3 Å². The van der Waals surface area contributed by atoms with Crippen LogP contribution in [0.2, 0.25) is 0 Å². The monoisotopic (exact) mass is 214 g/mol. The fourth-order valence-corrected chi connectivity index (χ4v) is 1.72. The first kappa shape index (κ1) is 10.9. The number of Topliss-reactive ketones (excluding diaryl/α,β-unsaturated/α-hetero) is 1. The Bertz CT molecular complexity index is 405. The molecule has 1 heterocycles. The van der Waals surface area contributed by atoms with E-state index >= 15 is 0 Å². The fraction of sp³-hybridized carbons (Fsp3) is 0.357. The van der Waals surface area contributed by atoms with E-state index in [-0.39, 0.29) is 11.7 Å². The average molecular weight is 214 g/mol. The summed E-state index contributed by atoms with van der Waals surface area (Å²) < 4.78 is 5.21. The first-order valence-electron chi connectivity index (χ1n) is 5.55. The molecule has 82 valence electrons. The molecule has 1 fully saturated rings. The van der Waals surface area contributed by atoms with Gasteiger partial charge in [0.2, 0.25) is 5.78 Å². The van der Waals surface area contributed by atoms with E-state index in [2.05, 4.69) is 11.8 Å². The molecule has 1 aliphatic rings. The smallest absolute Gasteiger partial charge is 0.209 e. The fourth-order valence-electron chi connectivity index (χ4n) is 1.72. The van der Waals surface area contributed by atoms with Gasteiger partial charge in [-0.2, -0.15) is 0 Å². The third-order valence-electron chi connectivity index (χ3n) is 2.70. The molecule has 0 radical (unpaired) electrons. The van der Waals surface area contributed by atoms with E-state index < -0.39 is 0 Å². The predicted molar refractivity (Wildman–Crippen MR) is 61.9 cm³/mol. The van der Waals surface area contributed by atoms with E-state index in [9.17, 15) is 4.79 Å². The number of carbonyl (C=O) groups excluding carboxylic acids is 1. The Morgan fingerprint density at radius 3 is 2.56 bits per heavy atom. The highest BCUT2D eigenvalue weighted by atomic mass is 16.5. The van der Waals surface area contributed by atoms with Crippen molar-refractivity contribution in [1.82, 2.24) is 0 Å². The van der Waals surface area contributed by atoms with Crippen molar-refractivity contribution in [3.63, 3.8) is 0 Å². The van der Waals surface area contributed by atoms with Crippen LogP contribution in [-0.2, 0) is 9.53 Å². The number of hydrogen-bond donors (Lipinski definition) is 0. The minimum Gasteiger partial charge on any atom is -0.381 e. The normalized spacial score (nSPS) is 16.2. The number of ether oxygens (including phenoxy) is 1. The Kier molecular flexibility index (Phi) is 3.74. The van der Waals surface area contributed by atoms with Gasteiger partial charge < -0.3 is 4.74 Å². The van der Waals surface area contributed by atoms with Crippen LogP contribution in [0, 0.1) is 17.8 Å². The molecule has 0 atom stereocenters. The molecule has 1 aliphatic heterocycles. The Balaban J connectivity index is 1.99. The summed E-state index contributed by atoms with van der Waals surface area (Å²) in [4.78, 5) is 11.7. The van der Waals surface area contributed by atoms with Crippen LogP contribution in [0.3, 0.4) is 0 Å². The molecule has 16 heavy (non-hydrogen) atoms. The maximum Gasteiger partial charge on any atom is 0.209 e. The number of ketones is 1. The van der Waals surface area contributed by atoms with Crippen molar-refractivity contribution >= 4 is 5.78 Å². The van der Waals surface area contributed by atoms with E-state index in [1.54, 1.807) is 0 Å². The number of carbonyl (C=O) groups is 1. The van der Waals surface area contributed by atoms with E-state index in [4.69, 9.17) is 4.74 Å². The maximum atomic E-state index is 11.7. The second-order valence-electron chi connectivity index (χ2n) is 3.87. The lowest BCUT2D eigenvalue weighted by atomic mass is 9.95. The molecular weight excluding hydrogens is 200 g/mol. The second kappa shape index (κ2) is 5.48. The molecule has 1 saturated heterocycles. The van der Waals surface area contributed by atoms with Crippen LogP contribution in [0.1, 0.15) is 18.4 Å². The van der Waals surface area contributed by atoms with Gasteiger partial charge in [-0.05, 0) is 30.9 Å². The molecule has 0 unspecified atom stereocenters. The van der Waals surface area contributed by atoms with Crippen molar-refractivity contribution < 1.29 is 9.53 Å². The average Bonchev–Trinajstić information content (AvgIpc) is 2.38. The van der Waals surface area contributed by atoms with Gasteiger partial charge in [-0.15, -0.1) is 0 Å². The Morgan fingerprint density at radius 2 is 1.88 bits per heavy atom. The van der Waals surface area contributed by atoms with Gasteiger partial charge in [0, 0.05) is 24.7 Å². The quantitative estimate of drug-likeness (QED) is 0.669. The molecule has 1 aromatic rings. The zero-order chi connectivity index (χ0) is 11.2. The van der Waals surface area contributed by atoms with Crippen molar-refractivity contribution in [3.05, 3.63) is 35.9 Å². The number of rotatable bonds is 1. The van der Waals surface area contributed by atoms with Gasteiger partial charge >= 0.3 is 0 Å². The van der Waals surface area contributed by atoms with Crippen molar-refractivity contribution in [2.75, 3.05) is 13.2 Å². The molecule has 2 rings (SSSR count). The summed E-state index contributed by atoms with van der Waals surface area (Å²) in [6, 6.07) is 9.59. The van der Waals surface area contributed by atoms with Crippen LogP contribution in [0.25, 0.3) is 0 Å². The van der Waals surface area contributed by atoms with E-state index in [0.29, 0.717) is 13.2 Å². The second-order valence-corrected chi connectivity index (χ2v) is 3.87. The minimum absolute atomic E-state index is 0.0483. The van der Waals surface area contributed by atoms with Crippen LogP contribution in [0.15, 0.2) is 30.3 Å². The molecule has 0 saturated carbocycles. The van der Waals surface area contributed by atoms with Crippen LogP contribution in [0.5, 0.6) is 0 Å². The van der Waals surface area contributed by atoms with Crippen LogP contribution in [-0.4, -0.2) is 19.0 Å². The van der Waals surface area contributed by atoms with Gasteiger partial charge in [-0.1, -0.05) is 24.1 Å². The summed E-state index contributed by atoms with van der Waals surface area (Å²) in [6.45, 7) is 1.37. The molecule has 0 bridgehead atoms. The molecule has 0 N–H and O–H groups in total. The number of hydrogen-bond acceptors (Lipinski definition) is 2. The molecular formula is C14H14O2. The molecule has 0 aliphatic carbocycles. The zero-order valence-electron chi connectivity index (χ0n) is 9.11. The van der Waals surface area contributed by atoms with Crippen LogP contribution >= 0.6 is 0 Å². The van der Waals surface area contributed by atoms with Gasteiger partial charge in [0.05, 0.1) is 0 Å². The lowest BCUT2D eigenvalue weighted by molar-refractivity contribution is -0.120. The maximum absolute atomic E-state index is 11.7. The third kappa shape index (κ3) is 2.95. The van der Waals surface area contributed by atoms with Crippen molar-refractivity contribution in [3.8, 4) is 11.8 Å². The van der Waals surface area contributed by atoms with Gasteiger partial charge in [-0.3, -0.25) is 4.79 Å². The minimum atomic E-state index is 0.0483.